The monoisotopic (exact) mass is 390 g/mol. The second-order valence-corrected chi connectivity index (χ2v) is 8.75. The van der Waals surface area contributed by atoms with E-state index in [4.69, 9.17) is 4.74 Å². The van der Waals surface area contributed by atoms with Gasteiger partial charge in [0.15, 0.2) is 0 Å². The Balaban J connectivity index is 2.75. The number of carboxylic acids is 1. The third-order valence-electron chi connectivity index (χ3n) is 4.91. The standard InChI is InChI=1S/C24H38O4/c1-6-8-10-21(23(27)28-24(3,4)5)17-20(22(25)26)16-15-19-13-11-18(9-7-2)12-14-19/h11-14,20-21H,6-10,15-17H2,1-5H3,(H,25,26)/t20-,21+/m1/s1. The number of benzene rings is 1. The molecule has 0 unspecified atom stereocenters. The first kappa shape index (κ1) is 24.2. The van der Waals surface area contributed by atoms with Gasteiger partial charge in [-0.15, -0.1) is 0 Å². The van der Waals surface area contributed by atoms with Crippen LogP contribution in [0.25, 0.3) is 0 Å². The lowest BCUT2D eigenvalue weighted by atomic mass is 9.87. The van der Waals surface area contributed by atoms with Crippen molar-refractivity contribution in [3.63, 3.8) is 0 Å². The van der Waals surface area contributed by atoms with Gasteiger partial charge in [-0.25, -0.2) is 0 Å². The Labute approximate surface area is 170 Å². The van der Waals surface area contributed by atoms with E-state index in [0.29, 0.717) is 25.7 Å². The minimum absolute atomic E-state index is 0.267. The SMILES string of the molecule is CCCC[C@@H](C[C@@H](CCc1ccc(CCC)cc1)C(=O)O)C(=O)OC(C)(C)C. The van der Waals surface area contributed by atoms with Gasteiger partial charge in [0.1, 0.15) is 5.60 Å². The first-order valence-corrected chi connectivity index (χ1v) is 10.7. The quantitative estimate of drug-likeness (QED) is 0.457. The molecule has 0 saturated carbocycles. The summed E-state index contributed by atoms with van der Waals surface area (Å²) in [6, 6.07) is 8.43. The maximum absolute atomic E-state index is 12.6. The molecule has 0 aliphatic carbocycles. The van der Waals surface area contributed by atoms with Gasteiger partial charge in [0.05, 0.1) is 11.8 Å². The van der Waals surface area contributed by atoms with Crippen molar-refractivity contribution in [3.05, 3.63) is 35.4 Å². The van der Waals surface area contributed by atoms with Crippen LogP contribution in [0.1, 0.15) is 84.3 Å². The summed E-state index contributed by atoms with van der Waals surface area (Å²) in [4.78, 5) is 24.4. The molecule has 0 radical (unpaired) electrons. The van der Waals surface area contributed by atoms with E-state index in [0.717, 1.165) is 31.2 Å². The molecule has 0 heterocycles. The molecular weight excluding hydrogens is 352 g/mol. The first-order chi connectivity index (χ1) is 13.2. The van der Waals surface area contributed by atoms with Crippen LogP contribution in [0.4, 0.5) is 0 Å². The van der Waals surface area contributed by atoms with Crippen molar-refractivity contribution in [1.29, 1.82) is 0 Å². The Morgan fingerprint density at radius 1 is 0.929 bits per heavy atom. The lowest BCUT2D eigenvalue weighted by Gasteiger charge is -2.25. The lowest BCUT2D eigenvalue weighted by molar-refractivity contribution is -0.161. The summed E-state index contributed by atoms with van der Waals surface area (Å²) >= 11 is 0. The molecule has 0 amide bonds. The van der Waals surface area contributed by atoms with E-state index in [1.165, 1.54) is 5.56 Å². The molecule has 4 heteroatoms. The van der Waals surface area contributed by atoms with Gasteiger partial charge in [-0.2, -0.15) is 0 Å². The van der Waals surface area contributed by atoms with Crippen LogP contribution in [-0.2, 0) is 27.2 Å². The number of carbonyl (C=O) groups is 2. The molecule has 4 nitrogen and oxygen atoms in total. The van der Waals surface area contributed by atoms with E-state index in [9.17, 15) is 14.7 Å². The smallest absolute Gasteiger partial charge is 0.309 e. The maximum Gasteiger partial charge on any atom is 0.309 e. The topological polar surface area (TPSA) is 63.6 Å². The maximum atomic E-state index is 12.6. The van der Waals surface area contributed by atoms with Gasteiger partial charge in [0, 0.05) is 0 Å². The highest BCUT2D eigenvalue weighted by atomic mass is 16.6. The number of rotatable bonds is 12. The zero-order valence-corrected chi connectivity index (χ0v) is 18.3. The van der Waals surface area contributed by atoms with Gasteiger partial charge in [0.25, 0.3) is 0 Å². The fourth-order valence-corrected chi connectivity index (χ4v) is 3.36. The van der Waals surface area contributed by atoms with Gasteiger partial charge < -0.3 is 9.84 Å². The van der Waals surface area contributed by atoms with Crippen LogP contribution in [0.5, 0.6) is 0 Å². The Morgan fingerprint density at radius 2 is 1.50 bits per heavy atom. The molecule has 1 N–H and O–H groups in total. The van der Waals surface area contributed by atoms with Gasteiger partial charge in [-0.3, -0.25) is 9.59 Å². The average Bonchev–Trinajstić information content (AvgIpc) is 2.60. The second-order valence-electron chi connectivity index (χ2n) is 8.75. The summed E-state index contributed by atoms with van der Waals surface area (Å²) in [6.45, 7) is 9.77. The Morgan fingerprint density at radius 3 is 1.96 bits per heavy atom. The molecule has 2 atom stereocenters. The van der Waals surface area contributed by atoms with Crippen LogP contribution in [-0.4, -0.2) is 22.6 Å². The van der Waals surface area contributed by atoms with Crippen molar-refractivity contribution in [1.82, 2.24) is 0 Å². The van der Waals surface area contributed by atoms with Crippen molar-refractivity contribution in [2.45, 2.75) is 91.6 Å². The van der Waals surface area contributed by atoms with E-state index in [1.807, 2.05) is 20.8 Å². The molecule has 0 aliphatic heterocycles. The van der Waals surface area contributed by atoms with Crippen molar-refractivity contribution >= 4 is 11.9 Å². The Hall–Kier alpha value is -1.84. The van der Waals surface area contributed by atoms with E-state index < -0.39 is 17.5 Å². The molecule has 1 aromatic rings. The molecule has 28 heavy (non-hydrogen) atoms. The second kappa shape index (κ2) is 11.9. The van der Waals surface area contributed by atoms with Gasteiger partial charge in [0.2, 0.25) is 0 Å². The van der Waals surface area contributed by atoms with Crippen molar-refractivity contribution < 1.29 is 19.4 Å². The van der Waals surface area contributed by atoms with Crippen molar-refractivity contribution in [3.8, 4) is 0 Å². The Bertz CT molecular complexity index is 598. The molecule has 0 aliphatic rings. The summed E-state index contributed by atoms with van der Waals surface area (Å²) in [5.74, 6) is -1.99. The number of carboxylic acid groups (broad SMARTS) is 1. The minimum Gasteiger partial charge on any atom is -0.481 e. The van der Waals surface area contributed by atoms with E-state index in [-0.39, 0.29) is 11.9 Å². The largest absolute Gasteiger partial charge is 0.481 e. The van der Waals surface area contributed by atoms with E-state index in [2.05, 4.69) is 38.1 Å². The molecule has 0 saturated heterocycles. The molecular formula is C24H38O4. The van der Waals surface area contributed by atoms with Gasteiger partial charge in [-0.05, 0) is 64.0 Å². The van der Waals surface area contributed by atoms with Gasteiger partial charge >= 0.3 is 11.9 Å². The summed E-state index contributed by atoms with van der Waals surface area (Å²) in [7, 11) is 0. The molecule has 1 aromatic carbocycles. The molecule has 0 fully saturated rings. The van der Waals surface area contributed by atoms with Crippen LogP contribution in [0.2, 0.25) is 0 Å². The predicted octanol–water partition coefficient (Wildman–Crippen LogP) is 5.81. The number of unbranched alkanes of at least 4 members (excludes halogenated alkanes) is 1. The number of aliphatic carboxylic acids is 1. The van der Waals surface area contributed by atoms with Crippen LogP contribution >= 0.6 is 0 Å². The van der Waals surface area contributed by atoms with E-state index >= 15 is 0 Å². The highest BCUT2D eigenvalue weighted by Crippen LogP contribution is 2.26. The highest BCUT2D eigenvalue weighted by molar-refractivity contribution is 5.75. The minimum atomic E-state index is -0.826. The van der Waals surface area contributed by atoms with Crippen LogP contribution < -0.4 is 0 Å². The highest BCUT2D eigenvalue weighted by Gasteiger charge is 2.30. The fourth-order valence-electron chi connectivity index (χ4n) is 3.36. The molecule has 0 bridgehead atoms. The normalized spacial score (nSPS) is 13.8. The molecule has 158 valence electrons. The molecule has 0 aromatic heterocycles. The summed E-state index contributed by atoms with van der Waals surface area (Å²) in [6.07, 6.45) is 6.32. The number of hydrogen-bond acceptors (Lipinski definition) is 3. The lowest BCUT2D eigenvalue weighted by Crippen LogP contribution is -2.31. The Kier molecular flexibility index (Phi) is 10.3. The van der Waals surface area contributed by atoms with Gasteiger partial charge in [-0.1, -0.05) is 57.4 Å². The molecule has 1 rings (SSSR count). The number of ether oxygens (including phenoxy) is 1. The number of carbonyl (C=O) groups excluding carboxylic acids is 1. The van der Waals surface area contributed by atoms with Crippen LogP contribution in [0.15, 0.2) is 24.3 Å². The molecule has 0 spiro atoms. The zero-order valence-electron chi connectivity index (χ0n) is 18.3. The third-order valence-corrected chi connectivity index (χ3v) is 4.91. The first-order valence-electron chi connectivity index (χ1n) is 10.7. The number of hydrogen-bond donors (Lipinski definition) is 1. The number of aryl methyl sites for hydroxylation is 2. The third kappa shape index (κ3) is 9.38. The average molecular weight is 391 g/mol. The summed E-state index contributed by atoms with van der Waals surface area (Å²) in [5.41, 5.74) is 1.90. The van der Waals surface area contributed by atoms with Crippen molar-refractivity contribution in [2.24, 2.45) is 11.8 Å². The van der Waals surface area contributed by atoms with Crippen LogP contribution in [0, 0.1) is 11.8 Å². The van der Waals surface area contributed by atoms with Crippen molar-refractivity contribution in [2.75, 3.05) is 0 Å². The van der Waals surface area contributed by atoms with E-state index in [1.54, 1.807) is 0 Å². The zero-order chi connectivity index (χ0) is 21.2. The fraction of sp³-hybridized carbons (Fsp3) is 0.667. The van der Waals surface area contributed by atoms with Crippen LogP contribution in [0.3, 0.4) is 0 Å². The summed E-state index contributed by atoms with van der Waals surface area (Å²) in [5, 5.41) is 9.70. The number of esters is 1. The summed E-state index contributed by atoms with van der Waals surface area (Å²) < 4.78 is 5.54. The predicted molar refractivity (Wildman–Crippen MR) is 113 cm³/mol.